The Labute approximate surface area is 203 Å². The summed E-state index contributed by atoms with van der Waals surface area (Å²) in [4.78, 5) is 23.6. The molecule has 0 saturated carbocycles. The minimum absolute atomic E-state index is 0.0235. The zero-order chi connectivity index (χ0) is 23.5. The van der Waals surface area contributed by atoms with Crippen LogP contribution < -0.4 is 9.47 Å². The molecule has 0 aliphatic carbocycles. The summed E-state index contributed by atoms with van der Waals surface area (Å²) in [5.41, 5.74) is 2.59. The minimum atomic E-state index is -0.188. The molecule has 3 heterocycles. The van der Waals surface area contributed by atoms with Gasteiger partial charge in [0.15, 0.2) is 0 Å². The zero-order valence-corrected chi connectivity index (χ0v) is 20.2. The quantitative estimate of drug-likeness (QED) is 0.466. The van der Waals surface area contributed by atoms with Crippen LogP contribution in [0.2, 0.25) is 10.0 Å². The largest absolute Gasteiger partial charge is 0.481 e. The van der Waals surface area contributed by atoms with Crippen molar-refractivity contribution in [3.8, 4) is 11.8 Å². The number of aromatic nitrogens is 2. The molecule has 3 atom stereocenters. The van der Waals surface area contributed by atoms with Crippen molar-refractivity contribution in [1.82, 2.24) is 14.9 Å². The lowest BCUT2D eigenvalue weighted by atomic mass is 9.86. The van der Waals surface area contributed by atoms with Crippen molar-refractivity contribution in [3.63, 3.8) is 0 Å². The minimum Gasteiger partial charge on any atom is -0.481 e. The molecule has 1 saturated heterocycles. The van der Waals surface area contributed by atoms with Crippen LogP contribution in [0.1, 0.15) is 34.3 Å². The Hall–Kier alpha value is -2.83. The lowest BCUT2D eigenvalue weighted by Gasteiger charge is -2.25. The average molecular weight is 486 g/mol. The Morgan fingerprint density at radius 2 is 1.79 bits per heavy atom. The first-order valence-corrected chi connectivity index (χ1v) is 11.4. The predicted molar refractivity (Wildman–Crippen MR) is 128 cm³/mol. The van der Waals surface area contributed by atoms with Crippen LogP contribution >= 0.6 is 23.2 Å². The lowest BCUT2D eigenvalue weighted by Crippen LogP contribution is -2.32. The third-order valence-corrected chi connectivity index (χ3v) is 6.75. The van der Waals surface area contributed by atoms with E-state index in [1.165, 1.54) is 0 Å². The van der Waals surface area contributed by atoms with Gasteiger partial charge in [0.25, 0.3) is 5.91 Å². The van der Waals surface area contributed by atoms with Crippen molar-refractivity contribution in [1.29, 1.82) is 0 Å². The number of hydrogen-bond acceptors (Lipinski definition) is 5. The van der Waals surface area contributed by atoms with Gasteiger partial charge in [-0.2, -0.15) is 0 Å². The normalized spacial score (nSPS) is 18.8. The Bertz CT molecular complexity index is 1120. The van der Waals surface area contributed by atoms with Crippen molar-refractivity contribution < 1.29 is 14.3 Å². The number of carbonyl (C=O) groups excluding carboxylic acids is 1. The molecule has 1 aromatic carbocycles. The molecule has 3 aromatic rings. The van der Waals surface area contributed by atoms with Crippen molar-refractivity contribution in [3.05, 3.63) is 81.6 Å². The highest BCUT2D eigenvalue weighted by atomic mass is 35.5. The van der Waals surface area contributed by atoms with Crippen LogP contribution in [0.25, 0.3) is 0 Å². The summed E-state index contributed by atoms with van der Waals surface area (Å²) in [5.74, 6) is 0.992. The van der Waals surface area contributed by atoms with Crippen LogP contribution in [0.5, 0.6) is 11.8 Å². The van der Waals surface area contributed by atoms with E-state index >= 15 is 0 Å². The average Bonchev–Trinajstić information content (AvgIpc) is 3.27. The maximum Gasteiger partial charge on any atom is 0.255 e. The van der Waals surface area contributed by atoms with E-state index in [-0.39, 0.29) is 23.8 Å². The first-order chi connectivity index (χ1) is 15.9. The van der Waals surface area contributed by atoms with Crippen molar-refractivity contribution >= 4 is 29.1 Å². The molecule has 6 nitrogen and oxygen atoms in total. The van der Waals surface area contributed by atoms with Crippen LogP contribution in [0.3, 0.4) is 0 Å². The van der Waals surface area contributed by atoms with Crippen molar-refractivity contribution in [2.24, 2.45) is 5.92 Å². The SMILES string of the molecule is COc1ccc(C(=O)N2C[C@@H]([C@@H](C)Oc3ccc(C)cn3)[C@H](c3ccc(Cl)c(Cl)c3)C2)cn1. The van der Waals surface area contributed by atoms with Crippen LogP contribution in [0.15, 0.2) is 54.9 Å². The van der Waals surface area contributed by atoms with E-state index in [9.17, 15) is 4.79 Å². The third-order valence-electron chi connectivity index (χ3n) is 6.01. The second-order valence-corrected chi connectivity index (χ2v) is 9.05. The highest BCUT2D eigenvalue weighted by Crippen LogP contribution is 2.38. The molecule has 172 valence electrons. The van der Waals surface area contributed by atoms with Gasteiger partial charge >= 0.3 is 0 Å². The first-order valence-electron chi connectivity index (χ1n) is 10.7. The molecule has 4 rings (SSSR count). The first kappa shape index (κ1) is 23.3. The Morgan fingerprint density at radius 3 is 2.42 bits per heavy atom. The molecular weight excluding hydrogens is 461 g/mol. The Balaban J connectivity index is 1.60. The van der Waals surface area contributed by atoms with Gasteiger partial charge in [-0.25, -0.2) is 9.97 Å². The molecule has 33 heavy (non-hydrogen) atoms. The van der Waals surface area contributed by atoms with Gasteiger partial charge < -0.3 is 14.4 Å². The van der Waals surface area contributed by atoms with Crippen molar-refractivity contribution in [2.75, 3.05) is 20.2 Å². The van der Waals surface area contributed by atoms with Crippen molar-refractivity contribution in [2.45, 2.75) is 25.9 Å². The van der Waals surface area contributed by atoms with E-state index in [1.807, 2.05) is 43.0 Å². The van der Waals surface area contributed by atoms with Crippen LogP contribution in [0.4, 0.5) is 0 Å². The van der Waals surface area contributed by atoms with Gasteiger partial charge in [-0.15, -0.1) is 0 Å². The fourth-order valence-electron chi connectivity index (χ4n) is 4.18. The van der Waals surface area contributed by atoms with Crippen LogP contribution in [-0.4, -0.2) is 47.1 Å². The maximum absolute atomic E-state index is 13.3. The number of rotatable bonds is 6. The Kier molecular flexibility index (Phi) is 7.05. The van der Waals surface area contributed by atoms with E-state index in [0.29, 0.717) is 40.5 Å². The number of likely N-dealkylation sites (tertiary alicyclic amines) is 1. The number of methoxy groups -OCH3 is 1. The second-order valence-electron chi connectivity index (χ2n) is 8.24. The molecule has 1 fully saturated rings. The predicted octanol–water partition coefficient (Wildman–Crippen LogP) is 5.42. The number of carbonyl (C=O) groups is 1. The number of nitrogens with zero attached hydrogens (tertiary/aromatic N) is 3. The maximum atomic E-state index is 13.3. The van der Waals surface area contributed by atoms with E-state index in [4.69, 9.17) is 32.7 Å². The summed E-state index contributed by atoms with van der Waals surface area (Å²) in [5, 5.41) is 0.992. The van der Waals surface area contributed by atoms with Gasteiger partial charge in [0, 0.05) is 49.5 Å². The molecule has 0 bridgehead atoms. The molecule has 0 spiro atoms. The molecule has 1 aliphatic heterocycles. The zero-order valence-electron chi connectivity index (χ0n) is 18.7. The number of ether oxygens (including phenoxy) is 2. The van der Waals surface area contributed by atoms with Gasteiger partial charge in [-0.3, -0.25) is 4.79 Å². The van der Waals surface area contributed by atoms with E-state index in [0.717, 1.165) is 11.1 Å². The van der Waals surface area contributed by atoms with Gasteiger partial charge in [0.2, 0.25) is 11.8 Å². The summed E-state index contributed by atoms with van der Waals surface area (Å²) in [6, 6.07) is 12.9. The van der Waals surface area contributed by atoms with E-state index < -0.39 is 0 Å². The second kappa shape index (κ2) is 9.98. The number of aryl methyl sites for hydroxylation is 1. The summed E-state index contributed by atoms with van der Waals surface area (Å²) in [6.07, 6.45) is 3.13. The molecule has 0 unspecified atom stereocenters. The number of benzene rings is 1. The van der Waals surface area contributed by atoms with Gasteiger partial charge in [0.1, 0.15) is 6.10 Å². The monoisotopic (exact) mass is 485 g/mol. The molecule has 0 N–H and O–H groups in total. The molecular formula is C25H25Cl2N3O3. The van der Waals surface area contributed by atoms with E-state index in [1.54, 1.807) is 37.7 Å². The summed E-state index contributed by atoms with van der Waals surface area (Å²) in [6.45, 7) is 5.06. The topological polar surface area (TPSA) is 64.5 Å². The number of hydrogen-bond donors (Lipinski definition) is 0. The fraction of sp³-hybridized carbons (Fsp3) is 0.320. The molecule has 2 aromatic heterocycles. The highest BCUT2D eigenvalue weighted by Gasteiger charge is 2.40. The van der Waals surface area contributed by atoms with Crippen LogP contribution in [-0.2, 0) is 0 Å². The fourth-order valence-corrected chi connectivity index (χ4v) is 4.48. The molecule has 1 amide bonds. The number of pyridine rings is 2. The molecule has 1 aliphatic rings. The van der Waals surface area contributed by atoms with Gasteiger partial charge in [-0.1, -0.05) is 35.3 Å². The molecule has 8 heteroatoms. The Morgan fingerprint density at radius 1 is 1.03 bits per heavy atom. The lowest BCUT2D eigenvalue weighted by molar-refractivity contribution is 0.0769. The van der Waals surface area contributed by atoms with Crippen LogP contribution in [0, 0.1) is 12.8 Å². The third kappa shape index (κ3) is 5.23. The smallest absolute Gasteiger partial charge is 0.255 e. The number of amides is 1. The summed E-state index contributed by atoms with van der Waals surface area (Å²) in [7, 11) is 1.54. The van der Waals surface area contributed by atoms with Gasteiger partial charge in [-0.05, 0) is 43.2 Å². The highest BCUT2D eigenvalue weighted by molar-refractivity contribution is 6.42. The van der Waals surface area contributed by atoms with E-state index in [2.05, 4.69) is 9.97 Å². The summed E-state index contributed by atoms with van der Waals surface area (Å²) >= 11 is 12.5. The number of halogens is 2. The standard InChI is InChI=1S/C25H25Cl2N3O3/c1-15-4-8-24(28-11-15)33-16(2)19-13-30(25(31)18-6-9-23(32-3)29-12-18)14-20(19)17-5-7-21(26)22(27)10-17/h4-12,16,19-20H,13-14H2,1-3H3/t16-,19+,20+/m1/s1. The summed E-state index contributed by atoms with van der Waals surface area (Å²) < 4.78 is 11.3. The molecule has 0 radical (unpaired) electrons. The van der Waals surface area contributed by atoms with Gasteiger partial charge in [0.05, 0.1) is 22.7 Å².